The first-order valence-corrected chi connectivity index (χ1v) is 8.80. The van der Waals surface area contributed by atoms with Crippen LogP contribution in [0.2, 0.25) is 5.02 Å². The summed E-state index contributed by atoms with van der Waals surface area (Å²) in [5, 5.41) is 0.677. The Morgan fingerprint density at radius 1 is 1.08 bits per heavy atom. The third-order valence-electron chi connectivity index (χ3n) is 4.10. The quantitative estimate of drug-likeness (QED) is 0.673. The predicted molar refractivity (Wildman–Crippen MR) is 101 cm³/mol. The van der Waals surface area contributed by atoms with E-state index in [0.29, 0.717) is 11.0 Å². The minimum atomic E-state index is -0.145. The lowest BCUT2D eigenvalue weighted by atomic mass is 9.99. The summed E-state index contributed by atoms with van der Waals surface area (Å²) in [5.41, 5.74) is 3.49. The Morgan fingerprint density at radius 2 is 1.84 bits per heavy atom. The summed E-state index contributed by atoms with van der Waals surface area (Å²) >= 11 is 6.41. The zero-order valence-electron chi connectivity index (χ0n) is 14.4. The van der Waals surface area contributed by atoms with E-state index in [9.17, 15) is 4.79 Å². The fourth-order valence-electron chi connectivity index (χ4n) is 2.86. The Hall–Kier alpha value is -2.46. The second-order valence-corrected chi connectivity index (χ2v) is 6.33. The maximum absolute atomic E-state index is 12.1. The molecule has 0 fully saturated rings. The average molecular weight is 354 g/mol. The number of hydrogen-bond acceptors (Lipinski definition) is 3. The van der Waals surface area contributed by atoms with E-state index in [4.69, 9.17) is 16.6 Å². The molecule has 3 aromatic rings. The second kappa shape index (κ2) is 7.62. The highest BCUT2D eigenvalue weighted by Crippen LogP contribution is 2.32. The number of halogens is 1. The number of unbranched alkanes of at least 4 members (excludes halogenated alkanes) is 1. The topological polar surface area (TPSA) is 47.8 Å². The third-order valence-corrected chi connectivity index (χ3v) is 4.43. The van der Waals surface area contributed by atoms with Gasteiger partial charge in [0.15, 0.2) is 0 Å². The summed E-state index contributed by atoms with van der Waals surface area (Å²) in [6, 6.07) is 12.7. The largest absolute Gasteiger partial charge is 0.269 e. The first-order valence-electron chi connectivity index (χ1n) is 8.42. The maximum Gasteiger partial charge on any atom is 0.257 e. The molecule has 1 aromatic carbocycles. The molecule has 0 N–H and O–H groups in total. The number of hydrogen-bond donors (Lipinski definition) is 0. The van der Waals surface area contributed by atoms with Crippen molar-refractivity contribution in [2.24, 2.45) is 0 Å². The van der Waals surface area contributed by atoms with Crippen LogP contribution in [0.1, 0.15) is 31.2 Å². The van der Waals surface area contributed by atoms with Crippen molar-refractivity contribution in [2.75, 3.05) is 0 Å². The number of benzene rings is 1. The summed E-state index contributed by atoms with van der Waals surface area (Å²) in [4.78, 5) is 21.4. The molecule has 0 saturated carbocycles. The molecular formula is C20H20ClN3O. The molecule has 0 bridgehead atoms. The molecule has 0 amide bonds. The van der Waals surface area contributed by atoms with Crippen LogP contribution < -0.4 is 5.56 Å². The van der Waals surface area contributed by atoms with E-state index in [1.165, 1.54) is 10.6 Å². The highest BCUT2D eigenvalue weighted by Gasteiger charge is 2.16. The van der Waals surface area contributed by atoms with Crippen LogP contribution in [0.25, 0.3) is 17.1 Å². The van der Waals surface area contributed by atoms with Crippen LogP contribution in [0.3, 0.4) is 0 Å². The molecule has 25 heavy (non-hydrogen) atoms. The highest BCUT2D eigenvalue weighted by atomic mass is 35.5. The van der Waals surface area contributed by atoms with Gasteiger partial charge in [-0.05, 0) is 31.9 Å². The van der Waals surface area contributed by atoms with Gasteiger partial charge in [0, 0.05) is 28.4 Å². The number of pyridine rings is 1. The van der Waals surface area contributed by atoms with Gasteiger partial charge in [0.1, 0.15) is 0 Å². The Labute approximate surface area is 152 Å². The predicted octanol–water partition coefficient (Wildman–Crippen LogP) is 4.60. The van der Waals surface area contributed by atoms with Crippen LogP contribution in [0.4, 0.5) is 0 Å². The second-order valence-electron chi connectivity index (χ2n) is 5.92. The molecule has 3 rings (SSSR count). The molecule has 0 aliphatic carbocycles. The summed E-state index contributed by atoms with van der Waals surface area (Å²) in [5.74, 6) is 0.407. The molecule has 0 atom stereocenters. The Kier molecular flexibility index (Phi) is 5.29. The molecule has 0 aliphatic rings. The number of aryl methyl sites for hydroxylation is 2. The van der Waals surface area contributed by atoms with Crippen molar-refractivity contribution >= 4 is 11.6 Å². The Bertz CT molecular complexity index is 950. The number of rotatable bonds is 5. The van der Waals surface area contributed by atoms with E-state index in [1.807, 2.05) is 31.2 Å². The van der Waals surface area contributed by atoms with Crippen LogP contribution in [-0.4, -0.2) is 14.5 Å². The highest BCUT2D eigenvalue weighted by molar-refractivity contribution is 6.33. The molecule has 0 saturated heterocycles. The van der Waals surface area contributed by atoms with Crippen molar-refractivity contribution in [2.45, 2.75) is 33.1 Å². The molecule has 4 nitrogen and oxygen atoms in total. The van der Waals surface area contributed by atoms with Crippen LogP contribution >= 0.6 is 11.6 Å². The van der Waals surface area contributed by atoms with E-state index in [-0.39, 0.29) is 5.56 Å². The maximum atomic E-state index is 12.1. The van der Waals surface area contributed by atoms with Gasteiger partial charge in [-0.2, -0.15) is 0 Å². The van der Waals surface area contributed by atoms with Gasteiger partial charge < -0.3 is 0 Å². The van der Waals surface area contributed by atoms with E-state index >= 15 is 0 Å². The fraction of sp³-hybridized carbons (Fsp3) is 0.250. The molecule has 0 radical (unpaired) electrons. The molecule has 0 spiro atoms. The van der Waals surface area contributed by atoms with Crippen molar-refractivity contribution in [3.63, 3.8) is 0 Å². The minimum absolute atomic E-state index is 0.145. The number of aromatic nitrogens is 3. The minimum Gasteiger partial charge on any atom is -0.269 e. The van der Waals surface area contributed by atoms with Crippen LogP contribution in [-0.2, 0) is 6.42 Å². The summed E-state index contributed by atoms with van der Waals surface area (Å²) in [7, 11) is 0. The zero-order valence-corrected chi connectivity index (χ0v) is 15.1. The molecule has 2 aromatic heterocycles. The SMILES string of the molecule is CCCCc1nc(-n2ccccc2=O)nc(C)c1-c1ccccc1Cl. The van der Waals surface area contributed by atoms with Gasteiger partial charge in [-0.3, -0.25) is 9.36 Å². The monoisotopic (exact) mass is 353 g/mol. The van der Waals surface area contributed by atoms with Gasteiger partial charge in [-0.1, -0.05) is 49.2 Å². The van der Waals surface area contributed by atoms with Gasteiger partial charge in [0.2, 0.25) is 5.95 Å². The lowest BCUT2D eigenvalue weighted by Crippen LogP contribution is -2.19. The normalized spacial score (nSPS) is 10.8. The average Bonchev–Trinajstić information content (AvgIpc) is 2.61. The van der Waals surface area contributed by atoms with E-state index < -0.39 is 0 Å². The van der Waals surface area contributed by atoms with Gasteiger partial charge in [0.25, 0.3) is 5.56 Å². The van der Waals surface area contributed by atoms with Gasteiger partial charge >= 0.3 is 0 Å². The molecular weight excluding hydrogens is 334 g/mol. The zero-order chi connectivity index (χ0) is 17.8. The van der Waals surface area contributed by atoms with Crippen molar-refractivity contribution in [3.8, 4) is 17.1 Å². The van der Waals surface area contributed by atoms with Crippen LogP contribution in [0.15, 0.2) is 53.5 Å². The molecule has 0 unspecified atom stereocenters. The fourth-order valence-corrected chi connectivity index (χ4v) is 3.09. The molecule has 0 aliphatic heterocycles. The lowest BCUT2D eigenvalue weighted by molar-refractivity contribution is 0.760. The summed E-state index contributed by atoms with van der Waals surface area (Å²) < 4.78 is 1.47. The smallest absolute Gasteiger partial charge is 0.257 e. The van der Waals surface area contributed by atoms with E-state index in [2.05, 4.69) is 11.9 Å². The number of nitrogens with zero attached hydrogens (tertiary/aromatic N) is 3. The van der Waals surface area contributed by atoms with E-state index in [1.54, 1.807) is 18.3 Å². The first-order chi connectivity index (χ1) is 12.1. The Morgan fingerprint density at radius 3 is 2.56 bits per heavy atom. The molecule has 128 valence electrons. The van der Waals surface area contributed by atoms with Crippen molar-refractivity contribution in [1.82, 2.24) is 14.5 Å². The third kappa shape index (κ3) is 3.64. The van der Waals surface area contributed by atoms with Crippen molar-refractivity contribution in [1.29, 1.82) is 0 Å². The van der Waals surface area contributed by atoms with Gasteiger partial charge in [0.05, 0.1) is 11.4 Å². The van der Waals surface area contributed by atoms with Gasteiger partial charge in [-0.25, -0.2) is 9.97 Å². The summed E-state index contributed by atoms with van der Waals surface area (Å²) in [6.07, 6.45) is 4.58. The van der Waals surface area contributed by atoms with Crippen LogP contribution in [0.5, 0.6) is 0 Å². The van der Waals surface area contributed by atoms with Crippen molar-refractivity contribution < 1.29 is 0 Å². The molecule has 2 heterocycles. The van der Waals surface area contributed by atoms with Crippen LogP contribution in [0, 0.1) is 6.92 Å². The van der Waals surface area contributed by atoms with E-state index in [0.717, 1.165) is 41.8 Å². The lowest BCUT2D eigenvalue weighted by Gasteiger charge is -2.15. The van der Waals surface area contributed by atoms with Crippen molar-refractivity contribution in [3.05, 3.63) is 75.4 Å². The Balaban J connectivity index is 2.21. The summed E-state index contributed by atoms with van der Waals surface area (Å²) in [6.45, 7) is 4.08. The van der Waals surface area contributed by atoms with Gasteiger partial charge in [-0.15, -0.1) is 0 Å². The first kappa shape index (κ1) is 17.4. The molecule has 5 heteroatoms. The standard InChI is InChI=1S/C20H20ClN3O/c1-3-4-11-17-19(15-9-5-6-10-16(15)21)14(2)22-20(23-17)24-13-8-7-12-18(24)25/h5-10,12-13H,3-4,11H2,1-2H3.